The summed E-state index contributed by atoms with van der Waals surface area (Å²) in [6, 6.07) is -0.680. The fourth-order valence-electron chi connectivity index (χ4n) is 1.59. The Morgan fingerprint density at radius 2 is 1.71 bits per heavy atom. The topological polar surface area (TPSA) is 73.9 Å². The van der Waals surface area contributed by atoms with Crippen molar-refractivity contribution in [3.63, 3.8) is 0 Å². The molecule has 1 unspecified atom stereocenters. The van der Waals surface area contributed by atoms with Gasteiger partial charge in [-0.3, -0.25) is 0 Å². The lowest BCUT2D eigenvalue weighted by molar-refractivity contribution is -0.146. The summed E-state index contributed by atoms with van der Waals surface area (Å²) in [4.78, 5) is 23.4. The van der Waals surface area contributed by atoms with Gasteiger partial charge in [-0.25, -0.2) is 9.59 Å². The first-order valence-electron chi connectivity index (χ1n) is 7.39. The molecule has 6 heteroatoms. The monoisotopic (exact) mass is 303 g/mol. The van der Waals surface area contributed by atoms with Crippen molar-refractivity contribution in [3.05, 3.63) is 0 Å². The SMILES string of the molecule is CCOC(=O)C(CC(C)C)NC(=O)OCCOC(C)(C)C. The van der Waals surface area contributed by atoms with Gasteiger partial charge >= 0.3 is 12.1 Å². The molecule has 0 fully saturated rings. The zero-order valence-corrected chi connectivity index (χ0v) is 14.0. The fourth-order valence-corrected chi connectivity index (χ4v) is 1.59. The summed E-state index contributed by atoms with van der Waals surface area (Å²) < 4.78 is 15.4. The van der Waals surface area contributed by atoms with Gasteiger partial charge in [-0.15, -0.1) is 0 Å². The Morgan fingerprint density at radius 1 is 1.10 bits per heavy atom. The highest BCUT2D eigenvalue weighted by Gasteiger charge is 2.23. The number of carbonyl (C=O) groups is 2. The second-order valence-electron chi connectivity index (χ2n) is 6.18. The summed E-state index contributed by atoms with van der Waals surface area (Å²) in [6.45, 7) is 12.2. The lowest BCUT2D eigenvalue weighted by Gasteiger charge is -2.20. The third-order valence-corrected chi connectivity index (χ3v) is 2.42. The lowest BCUT2D eigenvalue weighted by Crippen LogP contribution is -2.43. The predicted octanol–water partition coefficient (Wildman–Crippen LogP) is 2.51. The van der Waals surface area contributed by atoms with E-state index in [2.05, 4.69) is 5.32 Å². The van der Waals surface area contributed by atoms with Crippen LogP contribution in [0.3, 0.4) is 0 Å². The van der Waals surface area contributed by atoms with E-state index in [9.17, 15) is 9.59 Å². The Kier molecular flexibility index (Phi) is 9.01. The van der Waals surface area contributed by atoms with Crippen LogP contribution in [0.15, 0.2) is 0 Å². The molecule has 0 aliphatic carbocycles. The second kappa shape index (κ2) is 9.60. The first kappa shape index (κ1) is 19.7. The summed E-state index contributed by atoms with van der Waals surface area (Å²) >= 11 is 0. The van der Waals surface area contributed by atoms with Crippen LogP contribution in [0.2, 0.25) is 0 Å². The van der Waals surface area contributed by atoms with Crippen molar-refractivity contribution >= 4 is 12.1 Å². The van der Waals surface area contributed by atoms with E-state index >= 15 is 0 Å². The highest BCUT2D eigenvalue weighted by Crippen LogP contribution is 2.08. The van der Waals surface area contributed by atoms with E-state index in [4.69, 9.17) is 14.2 Å². The Balaban J connectivity index is 4.18. The van der Waals surface area contributed by atoms with E-state index in [0.29, 0.717) is 13.0 Å². The number of ether oxygens (including phenoxy) is 3. The van der Waals surface area contributed by atoms with Crippen molar-refractivity contribution in [3.8, 4) is 0 Å². The Bertz CT molecular complexity index is 323. The molecular formula is C15H29NO5. The largest absolute Gasteiger partial charge is 0.464 e. The normalized spacial score (nSPS) is 12.9. The number of hydrogen-bond acceptors (Lipinski definition) is 5. The van der Waals surface area contributed by atoms with Crippen molar-refractivity contribution in [2.24, 2.45) is 5.92 Å². The summed E-state index contributed by atoms with van der Waals surface area (Å²) in [5, 5.41) is 2.54. The van der Waals surface area contributed by atoms with Gasteiger partial charge in [-0.1, -0.05) is 13.8 Å². The van der Waals surface area contributed by atoms with E-state index in [1.165, 1.54) is 0 Å². The smallest absolute Gasteiger partial charge is 0.407 e. The van der Waals surface area contributed by atoms with Crippen LogP contribution in [0, 0.1) is 5.92 Å². The summed E-state index contributed by atoms with van der Waals surface area (Å²) in [5.41, 5.74) is -0.273. The van der Waals surface area contributed by atoms with Crippen LogP contribution in [0.5, 0.6) is 0 Å². The molecule has 0 aromatic rings. The minimum atomic E-state index is -0.680. The third-order valence-electron chi connectivity index (χ3n) is 2.42. The van der Waals surface area contributed by atoms with Gasteiger partial charge in [-0.2, -0.15) is 0 Å². The molecule has 6 nitrogen and oxygen atoms in total. The Labute approximate surface area is 127 Å². The van der Waals surface area contributed by atoms with Gasteiger partial charge in [0.1, 0.15) is 12.6 Å². The minimum absolute atomic E-state index is 0.139. The molecule has 124 valence electrons. The van der Waals surface area contributed by atoms with Crippen molar-refractivity contribution in [1.29, 1.82) is 0 Å². The molecule has 1 N–H and O–H groups in total. The van der Waals surface area contributed by atoms with Crippen LogP contribution < -0.4 is 5.32 Å². The van der Waals surface area contributed by atoms with Gasteiger partial charge in [0.2, 0.25) is 0 Å². The maximum atomic E-state index is 11.8. The molecule has 0 aliphatic heterocycles. The van der Waals surface area contributed by atoms with Crippen molar-refractivity contribution in [2.75, 3.05) is 19.8 Å². The van der Waals surface area contributed by atoms with E-state index < -0.39 is 18.1 Å². The molecule has 0 aliphatic rings. The number of rotatable bonds is 8. The molecule has 0 heterocycles. The highest BCUT2D eigenvalue weighted by atomic mass is 16.6. The van der Waals surface area contributed by atoms with Crippen LogP contribution >= 0.6 is 0 Å². The van der Waals surface area contributed by atoms with Crippen molar-refractivity contribution in [2.45, 2.75) is 59.6 Å². The molecule has 21 heavy (non-hydrogen) atoms. The van der Waals surface area contributed by atoms with Gasteiger partial charge in [0.15, 0.2) is 0 Å². The maximum Gasteiger partial charge on any atom is 0.407 e. The summed E-state index contributed by atoms with van der Waals surface area (Å²) in [6.07, 6.45) is -0.127. The summed E-state index contributed by atoms with van der Waals surface area (Å²) in [7, 11) is 0. The molecule has 0 saturated carbocycles. The van der Waals surface area contributed by atoms with Crippen LogP contribution in [-0.4, -0.2) is 43.5 Å². The van der Waals surface area contributed by atoms with Gasteiger partial charge < -0.3 is 19.5 Å². The van der Waals surface area contributed by atoms with Crippen molar-refractivity contribution < 1.29 is 23.8 Å². The van der Waals surface area contributed by atoms with E-state index in [0.717, 1.165) is 0 Å². The predicted molar refractivity (Wildman–Crippen MR) is 80.1 cm³/mol. The molecule has 0 aromatic heterocycles. The van der Waals surface area contributed by atoms with E-state index in [-0.39, 0.29) is 24.7 Å². The molecule has 1 atom stereocenters. The van der Waals surface area contributed by atoms with E-state index in [1.54, 1.807) is 6.92 Å². The molecule has 0 spiro atoms. The van der Waals surface area contributed by atoms with Gasteiger partial charge in [0.05, 0.1) is 18.8 Å². The number of alkyl carbamates (subject to hydrolysis) is 1. The summed E-state index contributed by atoms with van der Waals surface area (Å²) in [5.74, 6) is -0.182. The zero-order valence-electron chi connectivity index (χ0n) is 14.0. The Morgan fingerprint density at radius 3 is 2.19 bits per heavy atom. The number of nitrogens with one attached hydrogen (secondary N) is 1. The molecule has 0 bridgehead atoms. The average Bonchev–Trinajstić information content (AvgIpc) is 2.32. The fraction of sp³-hybridized carbons (Fsp3) is 0.867. The van der Waals surface area contributed by atoms with Crippen LogP contribution in [0.25, 0.3) is 0 Å². The minimum Gasteiger partial charge on any atom is -0.464 e. The highest BCUT2D eigenvalue weighted by molar-refractivity contribution is 5.81. The van der Waals surface area contributed by atoms with E-state index in [1.807, 2.05) is 34.6 Å². The van der Waals surface area contributed by atoms with Crippen molar-refractivity contribution in [1.82, 2.24) is 5.32 Å². The third kappa shape index (κ3) is 11.1. The average molecular weight is 303 g/mol. The molecule has 0 rings (SSSR count). The number of amides is 1. The molecule has 0 aromatic carbocycles. The second-order valence-corrected chi connectivity index (χ2v) is 6.18. The van der Waals surface area contributed by atoms with Gasteiger partial charge in [0.25, 0.3) is 0 Å². The zero-order chi connectivity index (χ0) is 16.5. The first-order valence-corrected chi connectivity index (χ1v) is 7.39. The number of esters is 1. The molecule has 0 radical (unpaired) electrons. The Hall–Kier alpha value is -1.30. The van der Waals surface area contributed by atoms with Gasteiger partial charge in [0, 0.05) is 0 Å². The molecular weight excluding hydrogens is 274 g/mol. The van der Waals surface area contributed by atoms with Crippen LogP contribution in [-0.2, 0) is 19.0 Å². The maximum absolute atomic E-state index is 11.8. The van der Waals surface area contributed by atoms with Gasteiger partial charge in [-0.05, 0) is 40.0 Å². The number of hydrogen-bond donors (Lipinski definition) is 1. The van der Waals surface area contributed by atoms with Crippen LogP contribution in [0.1, 0.15) is 48.0 Å². The standard InChI is InChI=1S/C15H29NO5/c1-7-19-13(17)12(10-11(2)3)16-14(18)20-8-9-21-15(4,5)6/h11-12H,7-10H2,1-6H3,(H,16,18). The lowest BCUT2D eigenvalue weighted by atomic mass is 10.0. The quantitative estimate of drug-likeness (QED) is 0.551. The number of carbonyl (C=O) groups excluding carboxylic acids is 2. The molecule has 1 amide bonds. The van der Waals surface area contributed by atoms with Crippen LogP contribution in [0.4, 0.5) is 4.79 Å². The first-order chi connectivity index (χ1) is 9.65. The molecule has 0 saturated heterocycles.